The molecule has 1 fully saturated rings. The molecule has 0 amide bonds. The van der Waals surface area contributed by atoms with Crippen LogP contribution in [-0.4, -0.2) is 27.8 Å². The number of nitrogens with zero attached hydrogens (tertiary/aromatic N) is 2. The van der Waals surface area contributed by atoms with Crippen molar-refractivity contribution in [3.05, 3.63) is 89.8 Å². The molecule has 0 saturated carbocycles. The van der Waals surface area contributed by atoms with Crippen LogP contribution in [0.2, 0.25) is 0 Å². The number of rotatable bonds is 3. The predicted octanol–water partition coefficient (Wildman–Crippen LogP) is 5.33. The first-order valence-corrected chi connectivity index (χ1v) is 10.5. The molecule has 30 heavy (non-hydrogen) atoms. The average Bonchev–Trinajstić information content (AvgIpc) is 3.32. The Labute approximate surface area is 178 Å². The molecule has 1 aromatic heterocycles. The van der Waals surface area contributed by atoms with E-state index in [9.17, 15) is 0 Å². The second-order valence-corrected chi connectivity index (χ2v) is 8.85. The molecule has 2 aliphatic carbocycles. The molecule has 0 unspecified atom stereocenters. The maximum atomic E-state index is 6.56. The number of hydrogen-bond donors (Lipinski definition) is 0. The zero-order valence-corrected chi connectivity index (χ0v) is 17.9. The van der Waals surface area contributed by atoms with Crippen LogP contribution in [0, 0.1) is 12.3 Å². The molecule has 4 nitrogen and oxygen atoms in total. The van der Waals surface area contributed by atoms with Crippen molar-refractivity contribution < 1.29 is 9.47 Å². The van der Waals surface area contributed by atoms with Crippen LogP contribution in [0.1, 0.15) is 37.1 Å². The van der Waals surface area contributed by atoms with Gasteiger partial charge < -0.3 is 9.47 Å². The van der Waals surface area contributed by atoms with Gasteiger partial charge in [-0.05, 0) is 56.5 Å². The molecule has 0 radical (unpaired) electrons. The molecule has 1 spiro atoms. The van der Waals surface area contributed by atoms with Crippen LogP contribution in [0.15, 0.2) is 73.0 Å². The third-order valence-corrected chi connectivity index (χ3v) is 6.97. The van der Waals surface area contributed by atoms with Gasteiger partial charge in [-0.25, -0.2) is 4.68 Å². The normalized spacial score (nSPS) is 29.0. The summed E-state index contributed by atoms with van der Waals surface area (Å²) in [5, 5.41) is 4.73. The molecular formula is C26H28N2O2. The molecule has 0 N–H and O–H groups in total. The highest BCUT2D eigenvalue weighted by Gasteiger charge is 2.61. The first kappa shape index (κ1) is 19.3. The molecule has 4 heteroatoms. The second-order valence-electron chi connectivity index (χ2n) is 8.85. The van der Waals surface area contributed by atoms with E-state index in [1.807, 2.05) is 23.0 Å². The maximum Gasteiger partial charge on any atom is 0.183 e. The lowest BCUT2D eigenvalue weighted by Crippen LogP contribution is -2.53. The summed E-state index contributed by atoms with van der Waals surface area (Å²) < 4.78 is 15.2. The van der Waals surface area contributed by atoms with Gasteiger partial charge in [0.15, 0.2) is 5.79 Å². The number of aryl methyl sites for hydroxylation is 1. The SMILES string of the molecule is C=C[C@H]1OC2(CC=C(C)C3=Cc4c(cnn4-c4ccc(C)cc4)C[C@@]32C)O[C@@H]1C=C. The van der Waals surface area contributed by atoms with Crippen LogP contribution in [0.25, 0.3) is 11.8 Å². The Kier molecular flexibility index (Phi) is 4.28. The number of ether oxygens (including phenoxy) is 2. The molecular weight excluding hydrogens is 372 g/mol. The number of hydrogen-bond acceptors (Lipinski definition) is 3. The number of allylic oxidation sites excluding steroid dienone is 1. The zero-order valence-electron chi connectivity index (χ0n) is 17.9. The minimum absolute atomic E-state index is 0.191. The lowest BCUT2D eigenvalue weighted by Gasteiger charge is -2.50. The Bertz CT molecular complexity index is 1070. The molecule has 1 aromatic carbocycles. The minimum Gasteiger partial charge on any atom is -0.338 e. The summed E-state index contributed by atoms with van der Waals surface area (Å²) in [6, 6.07) is 8.48. The van der Waals surface area contributed by atoms with Gasteiger partial charge in [-0.3, -0.25) is 0 Å². The van der Waals surface area contributed by atoms with Crippen molar-refractivity contribution in [3.63, 3.8) is 0 Å². The molecule has 2 aromatic rings. The van der Waals surface area contributed by atoms with Crippen LogP contribution in [0.4, 0.5) is 0 Å². The van der Waals surface area contributed by atoms with Crippen molar-refractivity contribution in [1.29, 1.82) is 0 Å². The monoisotopic (exact) mass is 400 g/mol. The van der Waals surface area contributed by atoms with Gasteiger partial charge in [0.05, 0.1) is 23.0 Å². The van der Waals surface area contributed by atoms with Crippen molar-refractivity contribution in [2.45, 2.75) is 51.6 Å². The van der Waals surface area contributed by atoms with Crippen LogP contribution in [0.5, 0.6) is 0 Å². The fourth-order valence-electron chi connectivity index (χ4n) is 5.18. The predicted molar refractivity (Wildman–Crippen MR) is 119 cm³/mol. The smallest absolute Gasteiger partial charge is 0.183 e. The summed E-state index contributed by atoms with van der Waals surface area (Å²) in [5.74, 6) is -0.736. The molecule has 3 atom stereocenters. The van der Waals surface area contributed by atoms with Gasteiger partial charge in [0, 0.05) is 6.42 Å². The Morgan fingerprint density at radius 2 is 1.77 bits per heavy atom. The fourth-order valence-corrected chi connectivity index (χ4v) is 5.18. The van der Waals surface area contributed by atoms with E-state index in [2.05, 4.69) is 70.3 Å². The van der Waals surface area contributed by atoms with Crippen LogP contribution >= 0.6 is 0 Å². The first-order chi connectivity index (χ1) is 14.4. The van der Waals surface area contributed by atoms with Gasteiger partial charge in [0.25, 0.3) is 0 Å². The summed E-state index contributed by atoms with van der Waals surface area (Å²) in [6.45, 7) is 14.4. The molecule has 0 bridgehead atoms. The standard InChI is InChI=1S/C26H28N2O2/c1-6-23-24(7-2)30-26(29-23)13-12-18(4)21-14-22-19(15-25(21,26)5)16-27-28(22)20-10-8-17(3)9-11-20/h6-12,14,16,23-24H,1-2,13,15H2,3-5H3/t23-,24-,25+/m1/s1. The number of aromatic nitrogens is 2. The van der Waals surface area contributed by atoms with Gasteiger partial charge in [0.2, 0.25) is 0 Å². The number of benzene rings is 1. The molecule has 1 saturated heterocycles. The molecule has 3 aliphatic rings. The van der Waals surface area contributed by atoms with E-state index in [4.69, 9.17) is 14.6 Å². The van der Waals surface area contributed by atoms with Gasteiger partial charge in [-0.15, -0.1) is 13.2 Å². The zero-order chi connectivity index (χ0) is 21.1. The van der Waals surface area contributed by atoms with E-state index < -0.39 is 5.79 Å². The Morgan fingerprint density at radius 3 is 2.40 bits per heavy atom. The van der Waals surface area contributed by atoms with E-state index in [1.165, 1.54) is 22.3 Å². The summed E-state index contributed by atoms with van der Waals surface area (Å²) >= 11 is 0. The van der Waals surface area contributed by atoms with Crippen molar-refractivity contribution in [1.82, 2.24) is 9.78 Å². The fraction of sp³-hybridized carbons (Fsp3) is 0.346. The van der Waals surface area contributed by atoms with E-state index in [0.717, 1.165) is 17.8 Å². The van der Waals surface area contributed by atoms with Gasteiger partial charge in [-0.1, -0.05) is 41.5 Å². The molecule has 1 aliphatic heterocycles. The van der Waals surface area contributed by atoms with E-state index >= 15 is 0 Å². The molecule has 2 heterocycles. The largest absolute Gasteiger partial charge is 0.338 e. The third-order valence-electron chi connectivity index (χ3n) is 6.97. The van der Waals surface area contributed by atoms with Crippen molar-refractivity contribution in [2.24, 2.45) is 5.41 Å². The summed E-state index contributed by atoms with van der Waals surface area (Å²) in [4.78, 5) is 0. The lowest BCUT2D eigenvalue weighted by molar-refractivity contribution is -0.230. The Morgan fingerprint density at radius 1 is 1.10 bits per heavy atom. The van der Waals surface area contributed by atoms with Gasteiger partial charge in [-0.2, -0.15) is 5.10 Å². The molecule has 5 rings (SSSR count). The first-order valence-electron chi connectivity index (χ1n) is 10.5. The van der Waals surface area contributed by atoms with Crippen molar-refractivity contribution >= 4 is 6.08 Å². The van der Waals surface area contributed by atoms with Crippen LogP contribution in [-0.2, 0) is 15.9 Å². The van der Waals surface area contributed by atoms with E-state index in [1.54, 1.807) is 0 Å². The second kappa shape index (κ2) is 6.66. The third kappa shape index (κ3) is 2.57. The lowest BCUT2D eigenvalue weighted by atomic mass is 9.62. The van der Waals surface area contributed by atoms with Crippen LogP contribution in [0.3, 0.4) is 0 Å². The highest BCUT2D eigenvalue weighted by Crippen LogP contribution is 2.58. The quantitative estimate of drug-likeness (QED) is 0.654. The Hall–Kier alpha value is -2.69. The minimum atomic E-state index is -0.736. The van der Waals surface area contributed by atoms with Crippen molar-refractivity contribution in [3.8, 4) is 5.69 Å². The molecule has 154 valence electrons. The number of fused-ring (bicyclic) bond motifs is 3. The van der Waals surface area contributed by atoms with Crippen LogP contribution < -0.4 is 0 Å². The van der Waals surface area contributed by atoms with Gasteiger partial charge >= 0.3 is 0 Å². The highest BCUT2D eigenvalue weighted by molar-refractivity contribution is 5.67. The average molecular weight is 401 g/mol. The highest BCUT2D eigenvalue weighted by atomic mass is 16.8. The topological polar surface area (TPSA) is 36.3 Å². The van der Waals surface area contributed by atoms with E-state index in [-0.39, 0.29) is 17.6 Å². The summed E-state index contributed by atoms with van der Waals surface area (Å²) in [7, 11) is 0. The Balaban J connectivity index is 1.62. The summed E-state index contributed by atoms with van der Waals surface area (Å²) in [5.41, 5.74) is 6.86. The van der Waals surface area contributed by atoms with Gasteiger partial charge in [0.1, 0.15) is 12.2 Å². The van der Waals surface area contributed by atoms with E-state index in [0.29, 0.717) is 6.42 Å². The maximum absolute atomic E-state index is 6.56. The summed E-state index contributed by atoms with van der Waals surface area (Å²) in [6.07, 6.45) is 11.3. The van der Waals surface area contributed by atoms with Crippen molar-refractivity contribution in [2.75, 3.05) is 0 Å².